The lowest BCUT2D eigenvalue weighted by molar-refractivity contribution is 0.158. The fourth-order valence-electron chi connectivity index (χ4n) is 0. The van der Waals surface area contributed by atoms with Crippen LogP contribution in [-0.2, 0) is 0 Å². The summed E-state index contributed by atoms with van der Waals surface area (Å²) in [5, 5.41) is 0. The van der Waals surface area contributed by atoms with Gasteiger partial charge in [0.05, 0.1) is 6.54 Å². The van der Waals surface area contributed by atoms with Crippen LogP contribution in [0, 0.1) is 0 Å². The van der Waals surface area contributed by atoms with Gasteiger partial charge in [0.1, 0.15) is 0 Å². The summed E-state index contributed by atoms with van der Waals surface area (Å²) < 4.78 is 21.3. The van der Waals surface area contributed by atoms with E-state index in [9.17, 15) is 8.78 Å². The summed E-state index contributed by atoms with van der Waals surface area (Å²) in [4.78, 5) is 0. The minimum Gasteiger partial charge on any atom is -0.325 e. The Bertz CT molecular complexity index is 25.5. The van der Waals surface area contributed by atoms with Crippen LogP contribution >= 0.6 is 12.4 Å². The Morgan fingerprint density at radius 2 is 1.67 bits per heavy atom. The molecule has 0 saturated heterocycles. The lowest BCUT2D eigenvalue weighted by atomic mass is 11.7. The summed E-state index contributed by atoms with van der Waals surface area (Å²) in [5.74, 6) is 0. The topological polar surface area (TPSA) is 26.0 Å². The molecule has 2 N–H and O–H groups in total. The van der Waals surface area contributed by atoms with E-state index in [0.29, 0.717) is 0 Å². The fraction of sp³-hybridized carbons (Fsp3) is 1.00. The Labute approximate surface area is 40.9 Å². The minimum atomic E-state index is -2.34. The zero-order chi connectivity index (χ0) is 4.28. The minimum absolute atomic E-state index is 0. The summed E-state index contributed by atoms with van der Waals surface area (Å²) in [5.41, 5.74) is 4.42. The van der Waals surface area contributed by atoms with Gasteiger partial charge in [0.15, 0.2) is 0 Å². The van der Waals surface area contributed by atoms with Crippen LogP contribution in [0.2, 0.25) is 0 Å². The molecule has 0 aliphatic rings. The Morgan fingerprint density at radius 1 is 1.50 bits per heavy atom. The van der Waals surface area contributed by atoms with Gasteiger partial charge >= 0.3 is 0 Å². The first kappa shape index (κ1) is 9.44. The Morgan fingerprint density at radius 3 is 1.67 bits per heavy atom. The third kappa shape index (κ3) is 8.93. The monoisotopic (exact) mass is 119 g/mol. The highest BCUT2D eigenvalue weighted by molar-refractivity contribution is 5.85. The lowest BCUT2D eigenvalue weighted by Gasteiger charge is -1.82. The van der Waals surface area contributed by atoms with Gasteiger partial charge in [0.2, 0.25) is 0 Å². The number of rotatable bonds is 1. The molecule has 0 saturated carbocycles. The van der Waals surface area contributed by atoms with Crippen LogP contribution in [0.15, 0.2) is 0 Å². The Balaban J connectivity index is 0. The number of nitrogens with two attached hydrogens (primary N) is 1. The molecule has 6 heavy (non-hydrogen) atoms. The van der Waals surface area contributed by atoms with Crippen molar-refractivity contribution in [3.8, 4) is 0 Å². The molecule has 0 aromatic carbocycles. The van der Waals surface area contributed by atoms with Gasteiger partial charge in [0, 0.05) is 0 Å². The summed E-state index contributed by atoms with van der Waals surface area (Å²) in [6.45, 7) is -0.528. The van der Waals surface area contributed by atoms with Crippen LogP contribution in [0.4, 0.5) is 8.78 Å². The molecule has 1 nitrogen and oxygen atoms in total. The highest BCUT2D eigenvalue weighted by atomic mass is 35.5. The van der Waals surface area contributed by atoms with Crippen LogP contribution in [0.3, 0.4) is 0 Å². The number of alkyl halides is 2. The number of halogens is 3. The lowest BCUT2D eigenvalue weighted by Crippen LogP contribution is -2.08. The van der Waals surface area contributed by atoms with Crippen molar-refractivity contribution in [3.63, 3.8) is 0 Å². The van der Waals surface area contributed by atoms with E-state index in [0.717, 1.165) is 0 Å². The van der Waals surface area contributed by atoms with Gasteiger partial charge in [-0.25, -0.2) is 8.78 Å². The molecule has 4 heteroatoms. The van der Waals surface area contributed by atoms with E-state index in [4.69, 9.17) is 0 Å². The van der Waals surface area contributed by atoms with E-state index in [1.54, 1.807) is 0 Å². The molecular weight excluding hydrogens is 113 g/mol. The smallest absolute Gasteiger partial charge is 0.250 e. The van der Waals surface area contributed by atoms with Crippen molar-refractivity contribution < 1.29 is 8.78 Å². The maximum Gasteiger partial charge on any atom is 0.250 e. The van der Waals surface area contributed by atoms with Gasteiger partial charge in [-0.2, -0.15) is 0 Å². The van der Waals surface area contributed by atoms with Crippen molar-refractivity contribution in [1.82, 2.24) is 0 Å². The Hall–Kier alpha value is 0.110. The normalized spacial score (nSPS) is 8.00. The van der Waals surface area contributed by atoms with E-state index in [2.05, 4.69) is 5.73 Å². The van der Waals surface area contributed by atoms with Gasteiger partial charge in [-0.3, -0.25) is 0 Å². The van der Waals surface area contributed by atoms with Gasteiger partial charge in [-0.1, -0.05) is 0 Å². The third-order valence-corrected chi connectivity index (χ3v) is 0.178. The quantitative estimate of drug-likeness (QED) is 0.504. The first-order chi connectivity index (χ1) is 2.27. The summed E-state index contributed by atoms with van der Waals surface area (Å²) in [6.07, 6.45) is -2.34. The average Bonchev–Trinajstić information content (AvgIpc) is 1.38. The molecule has 0 spiro atoms. The van der Waals surface area contributed by atoms with Gasteiger partial charge < -0.3 is 5.73 Å². The van der Waals surface area contributed by atoms with Gasteiger partial charge in [-0.05, 0) is 0 Å². The molecule has 40 valence electrons. The van der Waals surface area contributed by atoms with Crippen molar-refractivity contribution in [1.29, 1.82) is 0 Å². The first-order valence-electron chi connectivity index (χ1n) is 1.25. The molecule has 0 aromatic heterocycles. The van der Waals surface area contributed by atoms with E-state index in [-0.39, 0.29) is 12.4 Å². The molecule has 0 aliphatic carbocycles. The molecule has 0 atom stereocenters. The molecule has 0 bridgehead atoms. The molecule has 0 fully saturated rings. The first-order valence-corrected chi connectivity index (χ1v) is 1.25. The van der Waals surface area contributed by atoms with Crippen LogP contribution in [0.5, 0.6) is 0 Å². The zero-order valence-corrected chi connectivity index (χ0v) is 3.84. The van der Waals surface area contributed by atoms with E-state index < -0.39 is 13.0 Å². The summed E-state index contributed by atoms with van der Waals surface area (Å²) in [7, 11) is 0. The molecule has 0 radical (unpaired) electrons. The van der Waals surface area contributed by atoms with E-state index in [1.807, 2.05) is 0 Å². The summed E-state index contributed by atoms with van der Waals surface area (Å²) in [6, 6.07) is 0. The second-order valence-corrected chi connectivity index (χ2v) is 0.627. The molecular formula is C2H6ClF2N. The van der Waals surface area contributed by atoms with Crippen LogP contribution in [0.1, 0.15) is 0 Å². The SMILES string of the molecule is Cl.N[13CH2][13CH](F)F. The second-order valence-electron chi connectivity index (χ2n) is 0.627. The second kappa shape index (κ2) is 5.11. The zero-order valence-electron chi connectivity index (χ0n) is 3.03. The van der Waals surface area contributed by atoms with Crippen molar-refractivity contribution in [2.24, 2.45) is 5.73 Å². The van der Waals surface area contributed by atoms with Crippen molar-refractivity contribution in [2.45, 2.75) is 6.43 Å². The van der Waals surface area contributed by atoms with Crippen molar-refractivity contribution in [3.05, 3.63) is 0 Å². The maximum atomic E-state index is 10.6. The molecule has 0 heterocycles. The van der Waals surface area contributed by atoms with E-state index >= 15 is 0 Å². The highest BCUT2D eigenvalue weighted by Crippen LogP contribution is 1.82. The maximum absolute atomic E-state index is 10.6. The Kier molecular flexibility index (Phi) is 8.04. The standard InChI is InChI=1S/C2H5F2N.ClH/c3-2(4)1-5;/h2H,1,5H2;1H/i1+1,2+1;. The fourth-order valence-corrected chi connectivity index (χ4v) is 0. The van der Waals surface area contributed by atoms with Gasteiger partial charge in [0.25, 0.3) is 6.43 Å². The highest BCUT2D eigenvalue weighted by Gasteiger charge is 1.91. The molecule has 0 aromatic rings. The van der Waals surface area contributed by atoms with Crippen LogP contribution in [-0.4, -0.2) is 13.0 Å². The molecule has 0 rings (SSSR count). The largest absolute Gasteiger partial charge is 0.325 e. The van der Waals surface area contributed by atoms with Crippen LogP contribution in [0.25, 0.3) is 0 Å². The van der Waals surface area contributed by atoms with Gasteiger partial charge in [-0.15, -0.1) is 12.4 Å². The van der Waals surface area contributed by atoms with E-state index in [1.165, 1.54) is 0 Å². The molecule has 0 aliphatic heterocycles. The molecule has 0 unspecified atom stereocenters. The summed E-state index contributed by atoms with van der Waals surface area (Å²) >= 11 is 0. The number of hydrogen-bond donors (Lipinski definition) is 1. The number of hydrogen-bond acceptors (Lipinski definition) is 1. The predicted octanol–water partition coefficient (Wildman–Crippen LogP) is 0.632. The van der Waals surface area contributed by atoms with Crippen molar-refractivity contribution in [2.75, 3.05) is 6.54 Å². The van der Waals surface area contributed by atoms with Crippen molar-refractivity contribution >= 4 is 12.4 Å². The predicted molar refractivity (Wildman–Crippen MR) is 22.3 cm³/mol. The van der Waals surface area contributed by atoms with Crippen LogP contribution < -0.4 is 5.73 Å². The third-order valence-electron chi connectivity index (χ3n) is 0.178. The average molecular weight is 120 g/mol. The molecule has 0 amide bonds.